The molecule has 1 aromatic carbocycles. The van der Waals surface area contributed by atoms with E-state index in [-0.39, 0.29) is 12.0 Å². The minimum absolute atomic E-state index is 0.0901. The number of nitrogens with zero attached hydrogens (tertiary/aromatic N) is 2. The number of hydrogen-bond acceptors (Lipinski definition) is 3. The van der Waals surface area contributed by atoms with E-state index in [1.165, 1.54) is 0 Å². The Labute approximate surface area is 138 Å². The number of hydrogen-bond donors (Lipinski definition) is 0. The Morgan fingerprint density at radius 1 is 1.18 bits per heavy atom. The molecule has 114 valence electrons. The van der Waals surface area contributed by atoms with Gasteiger partial charge in [-0.05, 0) is 36.4 Å². The number of rotatable bonds is 3. The molecule has 1 aliphatic heterocycles. The van der Waals surface area contributed by atoms with Gasteiger partial charge in [0.2, 0.25) is 0 Å². The summed E-state index contributed by atoms with van der Waals surface area (Å²) in [7, 11) is 0. The molecule has 0 bridgehead atoms. The molecule has 3 rings (SSSR count). The smallest absolute Gasteiger partial charge is 0.253 e. The van der Waals surface area contributed by atoms with Crippen molar-refractivity contribution in [1.29, 1.82) is 0 Å². The zero-order valence-electron chi connectivity index (χ0n) is 12.1. The molecule has 1 fully saturated rings. The minimum Gasteiger partial charge on any atom is -0.489 e. The molecule has 2 aromatic rings. The molecule has 0 radical (unpaired) electrons. The predicted molar refractivity (Wildman–Crippen MR) is 87.9 cm³/mol. The number of ether oxygens (including phenoxy) is 1. The fourth-order valence-electron chi connectivity index (χ4n) is 2.56. The Morgan fingerprint density at radius 3 is 2.55 bits per heavy atom. The molecule has 2 heterocycles. The number of carbonyl (C=O) groups excluding carboxylic acids is 1. The summed E-state index contributed by atoms with van der Waals surface area (Å²) >= 11 is 3.38. The van der Waals surface area contributed by atoms with Gasteiger partial charge >= 0.3 is 0 Å². The standard InChI is InChI=1S/C17H17BrN2O2/c18-14-5-3-13(4-6-14)17(21)20-10-7-15(8-11-20)22-16-2-1-9-19-12-16/h1-6,9,12,15H,7-8,10-11H2. The SMILES string of the molecule is O=C(c1ccc(Br)cc1)N1CCC(Oc2cccnc2)CC1. The topological polar surface area (TPSA) is 42.4 Å². The fraction of sp³-hybridized carbons (Fsp3) is 0.294. The van der Waals surface area contributed by atoms with E-state index < -0.39 is 0 Å². The van der Waals surface area contributed by atoms with E-state index in [0.717, 1.165) is 41.7 Å². The first kappa shape index (κ1) is 15.0. The molecule has 1 saturated heterocycles. The molecule has 1 amide bonds. The van der Waals surface area contributed by atoms with Crippen molar-refractivity contribution in [3.8, 4) is 5.75 Å². The lowest BCUT2D eigenvalue weighted by atomic mass is 10.1. The first-order valence-electron chi connectivity index (χ1n) is 7.34. The zero-order chi connectivity index (χ0) is 15.4. The fourth-order valence-corrected chi connectivity index (χ4v) is 2.83. The number of piperidine rings is 1. The molecule has 0 aliphatic carbocycles. The van der Waals surface area contributed by atoms with Gasteiger partial charge in [0.1, 0.15) is 11.9 Å². The number of pyridine rings is 1. The zero-order valence-corrected chi connectivity index (χ0v) is 13.7. The quantitative estimate of drug-likeness (QED) is 0.840. The molecule has 0 N–H and O–H groups in total. The Morgan fingerprint density at radius 2 is 1.91 bits per heavy atom. The number of amides is 1. The number of aromatic nitrogens is 1. The number of halogens is 1. The third-order valence-electron chi connectivity index (χ3n) is 3.76. The summed E-state index contributed by atoms with van der Waals surface area (Å²) in [5.41, 5.74) is 0.731. The van der Waals surface area contributed by atoms with E-state index >= 15 is 0 Å². The van der Waals surface area contributed by atoms with E-state index in [9.17, 15) is 4.79 Å². The van der Waals surface area contributed by atoms with Crippen LogP contribution in [0.5, 0.6) is 5.75 Å². The molecule has 4 nitrogen and oxygen atoms in total. The van der Waals surface area contributed by atoms with Crippen LogP contribution in [-0.2, 0) is 0 Å². The molecule has 0 unspecified atom stereocenters. The van der Waals surface area contributed by atoms with E-state index in [2.05, 4.69) is 20.9 Å². The minimum atomic E-state index is 0.0901. The van der Waals surface area contributed by atoms with Gasteiger partial charge in [0.25, 0.3) is 5.91 Å². The van der Waals surface area contributed by atoms with Gasteiger partial charge in [-0.15, -0.1) is 0 Å². The second kappa shape index (κ2) is 6.92. The molecular formula is C17H17BrN2O2. The highest BCUT2D eigenvalue weighted by Gasteiger charge is 2.24. The van der Waals surface area contributed by atoms with Crippen molar-refractivity contribution < 1.29 is 9.53 Å². The highest BCUT2D eigenvalue weighted by atomic mass is 79.9. The summed E-state index contributed by atoms with van der Waals surface area (Å²) < 4.78 is 6.88. The van der Waals surface area contributed by atoms with E-state index in [1.807, 2.05) is 41.3 Å². The van der Waals surface area contributed by atoms with Crippen LogP contribution in [0, 0.1) is 0 Å². The van der Waals surface area contributed by atoms with Crippen molar-refractivity contribution >= 4 is 21.8 Å². The van der Waals surface area contributed by atoms with Gasteiger partial charge in [-0.1, -0.05) is 15.9 Å². The van der Waals surface area contributed by atoms with Crippen LogP contribution in [0.2, 0.25) is 0 Å². The van der Waals surface area contributed by atoms with Crippen molar-refractivity contribution in [2.45, 2.75) is 18.9 Å². The summed E-state index contributed by atoms with van der Waals surface area (Å²) in [5.74, 6) is 0.882. The lowest BCUT2D eigenvalue weighted by Crippen LogP contribution is -2.41. The molecule has 1 aliphatic rings. The van der Waals surface area contributed by atoms with Crippen LogP contribution >= 0.6 is 15.9 Å². The Kier molecular flexibility index (Phi) is 4.73. The average molecular weight is 361 g/mol. The molecule has 22 heavy (non-hydrogen) atoms. The highest BCUT2D eigenvalue weighted by Crippen LogP contribution is 2.20. The Balaban J connectivity index is 1.55. The summed E-state index contributed by atoms with van der Waals surface area (Å²) in [5, 5.41) is 0. The van der Waals surface area contributed by atoms with Gasteiger partial charge in [-0.2, -0.15) is 0 Å². The largest absolute Gasteiger partial charge is 0.489 e. The molecule has 0 atom stereocenters. The third kappa shape index (κ3) is 3.65. The maximum atomic E-state index is 12.4. The normalized spacial score (nSPS) is 15.6. The predicted octanol–water partition coefficient (Wildman–Crippen LogP) is 3.53. The summed E-state index contributed by atoms with van der Waals surface area (Å²) in [6, 6.07) is 11.3. The maximum absolute atomic E-state index is 12.4. The number of carbonyl (C=O) groups is 1. The van der Waals surface area contributed by atoms with Crippen molar-refractivity contribution in [3.63, 3.8) is 0 Å². The van der Waals surface area contributed by atoms with Gasteiger partial charge in [0, 0.05) is 42.2 Å². The molecule has 0 spiro atoms. The van der Waals surface area contributed by atoms with Crippen molar-refractivity contribution in [2.24, 2.45) is 0 Å². The second-order valence-electron chi connectivity index (χ2n) is 5.31. The van der Waals surface area contributed by atoms with E-state index in [1.54, 1.807) is 12.4 Å². The first-order valence-corrected chi connectivity index (χ1v) is 8.13. The number of likely N-dealkylation sites (tertiary alicyclic amines) is 1. The van der Waals surface area contributed by atoms with E-state index in [4.69, 9.17) is 4.74 Å². The maximum Gasteiger partial charge on any atom is 0.253 e. The van der Waals surface area contributed by atoms with Crippen LogP contribution in [0.3, 0.4) is 0 Å². The van der Waals surface area contributed by atoms with Crippen LogP contribution in [0.15, 0.2) is 53.3 Å². The Bertz CT molecular complexity index is 623. The summed E-state index contributed by atoms with van der Waals surface area (Å²) in [6.45, 7) is 1.44. The second-order valence-corrected chi connectivity index (χ2v) is 6.22. The van der Waals surface area contributed by atoms with Crippen molar-refractivity contribution in [2.75, 3.05) is 13.1 Å². The molecular weight excluding hydrogens is 344 g/mol. The van der Waals surface area contributed by atoms with Crippen LogP contribution in [-0.4, -0.2) is 35.0 Å². The molecule has 5 heteroatoms. The number of benzene rings is 1. The van der Waals surface area contributed by atoms with Crippen LogP contribution in [0.25, 0.3) is 0 Å². The summed E-state index contributed by atoms with van der Waals surface area (Å²) in [4.78, 5) is 18.4. The third-order valence-corrected chi connectivity index (χ3v) is 4.29. The van der Waals surface area contributed by atoms with Crippen LogP contribution < -0.4 is 4.74 Å². The molecule has 0 saturated carbocycles. The van der Waals surface area contributed by atoms with Crippen LogP contribution in [0.4, 0.5) is 0 Å². The lowest BCUT2D eigenvalue weighted by Gasteiger charge is -2.32. The van der Waals surface area contributed by atoms with Gasteiger partial charge in [-0.25, -0.2) is 0 Å². The average Bonchev–Trinajstić information content (AvgIpc) is 2.57. The van der Waals surface area contributed by atoms with Gasteiger partial charge in [0.15, 0.2) is 0 Å². The van der Waals surface area contributed by atoms with Gasteiger partial charge in [-0.3, -0.25) is 9.78 Å². The Hall–Kier alpha value is -1.88. The lowest BCUT2D eigenvalue weighted by molar-refractivity contribution is 0.0595. The monoisotopic (exact) mass is 360 g/mol. The van der Waals surface area contributed by atoms with Crippen molar-refractivity contribution in [1.82, 2.24) is 9.88 Å². The van der Waals surface area contributed by atoms with E-state index in [0.29, 0.717) is 0 Å². The summed E-state index contributed by atoms with van der Waals surface area (Å²) in [6.07, 6.45) is 5.29. The van der Waals surface area contributed by atoms with Gasteiger partial charge < -0.3 is 9.64 Å². The van der Waals surface area contributed by atoms with Crippen molar-refractivity contribution in [3.05, 3.63) is 58.8 Å². The molecule has 1 aromatic heterocycles. The first-order chi connectivity index (χ1) is 10.7. The highest BCUT2D eigenvalue weighted by molar-refractivity contribution is 9.10. The van der Waals surface area contributed by atoms with Gasteiger partial charge in [0.05, 0.1) is 6.20 Å². The van der Waals surface area contributed by atoms with Crippen LogP contribution in [0.1, 0.15) is 23.2 Å².